The Kier molecular flexibility index (Phi) is 6.14. The Morgan fingerprint density at radius 2 is 1.67 bits per heavy atom. The molecule has 1 saturated carbocycles. The molecule has 0 aliphatic heterocycles. The van der Waals surface area contributed by atoms with Crippen LogP contribution in [0.1, 0.15) is 37.2 Å². The lowest BCUT2D eigenvalue weighted by atomic mass is 9.78. The predicted octanol–water partition coefficient (Wildman–Crippen LogP) is 1.16. The first-order valence-electron chi connectivity index (χ1n) is 7.88. The lowest BCUT2D eigenvalue weighted by Crippen LogP contribution is -2.39. The number of benzene rings is 1. The van der Waals surface area contributed by atoms with Gasteiger partial charge in [-0.3, -0.25) is 15.0 Å². The lowest BCUT2D eigenvalue weighted by Gasteiger charge is -2.28. The van der Waals surface area contributed by atoms with E-state index in [-0.39, 0.29) is 0 Å². The summed E-state index contributed by atoms with van der Waals surface area (Å²) >= 11 is 0. The van der Waals surface area contributed by atoms with Crippen molar-refractivity contribution < 1.29 is 19.5 Å². The topological polar surface area (TPSA) is 134 Å². The van der Waals surface area contributed by atoms with E-state index in [4.69, 9.17) is 10.9 Å². The summed E-state index contributed by atoms with van der Waals surface area (Å²) in [6, 6.07) is 7.40. The molecule has 0 aromatic heterocycles. The Bertz CT molecular complexity index is 595. The zero-order chi connectivity index (χ0) is 17.5. The quantitative estimate of drug-likeness (QED) is 0.244. The van der Waals surface area contributed by atoms with Gasteiger partial charge < -0.3 is 15.7 Å². The predicted molar refractivity (Wildman–Crippen MR) is 88.1 cm³/mol. The first-order valence-corrected chi connectivity index (χ1v) is 7.88. The first-order chi connectivity index (χ1) is 11.5. The van der Waals surface area contributed by atoms with Crippen molar-refractivity contribution in [3.63, 3.8) is 0 Å². The van der Waals surface area contributed by atoms with E-state index < -0.39 is 17.9 Å². The van der Waals surface area contributed by atoms with E-state index in [1.165, 1.54) is 5.56 Å². The van der Waals surface area contributed by atoms with Gasteiger partial charge in [-0.1, -0.05) is 12.1 Å². The molecule has 0 unspecified atom stereocenters. The Hall–Kier alpha value is -2.61. The average molecular weight is 334 g/mol. The molecule has 8 nitrogen and oxygen atoms in total. The van der Waals surface area contributed by atoms with Crippen LogP contribution < -0.4 is 21.9 Å². The molecule has 6 N–H and O–H groups in total. The van der Waals surface area contributed by atoms with Crippen LogP contribution in [0.25, 0.3) is 0 Å². The standard InChI is InChI=1S/C16H22N4O4/c17-20-15(22)14(21)19-13-7-5-12(6-8-13)11-3-1-10(2-4-11)9-18-16(23)24/h5-8,10-11,18H,1-4,9,17H2,(H,19,21)(H,20,22)(H,23,24)/t10-,11-. The highest BCUT2D eigenvalue weighted by atomic mass is 16.4. The SMILES string of the molecule is NNC(=O)C(=O)Nc1ccc([C@H]2CC[C@H](CNC(=O)O)CC2)cc1. The normalized spacial score (nSPS) is 20.0. The third-order valence-corrected chi connectivity index (χ3v) is 4.37. The number of nitrogens with two attached hydrogens (primary N) is 1. The average Bonchev–Trinajstić information content (AvgIpc) is 2.60. The van der Waals surface area contributed by atoms with Gasteiger partial charge in [-0.2, -0.15) is 0 Å². The Balaban J connectivity index is 1.85. The molecule has 1 aromatic carbocycles. The number of hydrazine groups is 1. The second-order valence-electron chi connectivity index (χ2n) is 5.95. The number of carbonyl (C=O) groups is 3. The highest BCUT2D eigenvalue weighted by Gasteiger charge is 2.22. The van der Waals surface area contributed by atoms with Crippen LogP contribution in [-0.4, -0.2) is 29.6 Å². The van der Waals surface area contributed by atoms with Crippen LogP contribution in [0.2, 0.25) is 0 Å². The highest BCUT2D eigenvalue weighted by Crippen LogP contribution is 2.35. The molecule has 0 radical (unpaired) electrons. The molecule has 1 fully saturated rings. The fraction of sp³-hybridized carbons (Fsp3) is 0.438. The molecule has 1 aromatic rings. The second-order valence-corrected chi connectivity index (χ2v) is 5.95. The molecular formula is C16H22N4O4. The molecule has 8 heteroatoms. The summed E-state index contributed by atoms with van der Waals surface area (Å²) < 4.78 is 0. The molecule has 1 aliphatic carbocycles. The second kappa shape index (κ2) is 8.30. The summed E-state index contributed by atoms with van der Waals surface area (Å²) in [6.07, 6.45) is 3.01. The molecule has 0 atom stereocenters. The van der Waals surface area contributed by atoms with E-state index >= 15 is 0 Å². The summed E-state index contributed by atoms with van der Waals surface area (Å²) in [5.74, 6) is 4.02. The first kappa shape index (κ1) is 17.7. The van der Waals surface area contributed by atoms with Crippen molar-refractivity contribution in [2.75, 3.05) is 11.9 Å². The Morgan fingerprint density at radius 3 is 2.21 bits per heavy atom. The number of carboxylic acid groups (broad SMARTS) is 1. The third kappa shape index (κ3) is 4.95. The smallest absolute Gasteiger partial charge is 0.404 e. The van der Waals surface area contributed by atoms with Crippen LogP contribution in [0, 0.1) is 5.92 Å². The summed E-state index contributed by atoms with van der Waals surface area (Å²) in [4.78, 5) is 33.0. The number of amides is 3. The third-order valence-electron chi connectivity index (χ3n) is 4.37. The van der Waals surface area contributed by atoms with Gasteiger partial charge in [0.15, 0.2) is 0 Å². The van der Waals surface area contributed by atoms with Gasteiger partial charge in [-0.25, -0.2) is 10.6 Å². The Labute approximate surface area is 139 Å². The largest absolute Gasteiger partial charge is 0.465 e. The number of carbonyl (C=O) groups excluding carboxylic acids is 2. The number of anilines is 1. The van der Waals surface area contributed by atoms with Crippen molar-refractivity contribution in [1.82, 2.24) is 10.7 Å². The maximum Gasteiger partial charge on any atom is 0.404 e. The van der Waals surface area contributed by atoms with Crippen molar-refractivity contribution in [2.45, 2.75) is 31.6 Å². The maximum absolute atomic E-state index is 11.4. The van der Waals surface area contributed by atoms with E-state index in [0.29, 0.717) is 24.1 Å². The number of hydrogen-bond acceptors (Lipinski definition) is 4. The van der Waals surface area contributed by atoms with Gasteiger partial charge in [0.25, 0.3) is 0 Å². The van der Waals surface area contributed by atoms with Crippen molar-refractivity contribution in [3.8, 4) is 0 Å². The fourth-order valence-corrected chi connectivity index (χ4v) is 3.02. The fourth-order valence-electron chi connectivity index (χ4n) is 3.02. The van der Waals surface area contributed by atoms with Gasteiger partial charge in [0, 0.05) is 12.2 Å². The van der Waals surface area contributed by atoms with Crippen molar-refractivity contribution in [3.05, 3.63) is 29.8 Å². The monoisotopic (exact) mass is 334 g/mol. The van der Waals surface area contributed by atoms with Gasteiger partial charge in [-0.05, 0) is 55.2 Å². The van der Waals surface area contributed by atoms with E-state index in [1.807, 2.05) is 12.1 Å². The van der Waals surface area contributed by atoms with Gasteiger partial charge >= 0.3 is 17.9 Å². The molecule has 0 spiro atoms. The molecule has 0 bridgehead atoms. The maximum atomic E-state index is 11.4. The molecule has 0 heterocycles. The van der Waals surface area contributed by atoms with E-state index in [9.17, 15) is 14.4 Å². The summed E-state index contributed by atoms with van der Waals surface area (Å²) in [5, 5.41) is 13.5. The van der Waals surface area contributed by atoms with Crippen LogP contribution >= 0.6 is 0 Å². The van der Waals surface area contributed by atoms with Crippen LogP contribution in [-0.2, 0) is 9.59 Å². The minimum absolute atomic E-state index is 0.394. The zero-order valence-electron chi connectivity index (χ0n) is 13.2. The summed E-state index contributed by atoms with van der Waals surface area (Å²) in [7, 11) is 0. The minimum atomic E-state index is -0.974. The highest BCUT2D eigenvalue weighted by molar-refractivity contribution is 6.39. The molecule has 2 rings (SSSR count). The molecule has 1 aliphatic rings. The zero-order valence-corrected chi connectivity index (χ0v) is 13.2. The van der Waals surface area contributed by atoms with Gasteiger partial charge in [0.05, 0.1) is 0 Å². The van der Waals surface area contributed by atoms with Crippen molar-refractivity contribution >= 4 is 23.6 Å². The van der Waals surface area contributed by atoms with Gasteiger partial charge in [-0.15, -0.1) is 0 Å². The molecule has 130 valence electrons. The van der Waals surface area contributed by atoms with Crippen molar-refractivity contribution in [1.29, 1.82) is 0 Å². The number of rotatable bonds is 4. The molecule has 24 heavy (non-hydrogen) atoms. The van der Waals surface area contributed by atoms with Gasteiger partial charge in [0.2, 0.25) is 0 Å². The Morgan fingerprint density at radius 1 is 1.04 bits per heavy atom. The van der Waals surface area contributed by atoms with Crippen LogP contribution in [0.15, 0.2) is 24.3 Å². The molecular weight excluding hydrogens is 312 g/mol. The van der Waals surface area contributed by atoms with E-state index in [0.717, 1.165) is 25.7 Å². The molecule has 0 saturated heterocycles. The minimum Gasteiger partial charge on any atom is -0.465 e. The van der Waals surface area contributed by atoms with Gasteiger partial charge in [0.1, 0.15) is 0 Å². The van der Waals surface area contributed by atoms with Crippen LogP contribution in [0.3, 0.4) is 0 Å². The van der Waals surface area contributed by atoms with Crippen LogP contribution in [0.5, 0.6) is 0 Å². The van der Waals surface area contributed by atoms with E-state index in [1.54, 1.807) is 17.6 Å². The lowest BCUT2D eigenvalue weighted by molar-refractivity contribution is -0.136. The van der Waals surface area contributed by atoms with E-state index in [2.05, 4.69) is 10.6 Å². The number of hydrogen-bond donors (Lipinski definition) is 5. The molecule has 3 amide bonds. The van der Waals surface area contributed by atoms with Crippen molar-refractivity contribution in [2.24, 2.45) is 11.8 Å². The summed E-state index contributed by atoms with van der Waals surface area (Å²) in [5.41, 5.74) is 3.49. The summed E-state index contributed by atoms with van der Waals surface area (Å²) in [6.45, 7) is 0.510. The van der Waals surface area contributed by atoms with Crippen LogP contribution in [0.4, 0.5) is 10.5 Å². The number of nitrogens with one attached hydrogen (secondary N) is 3.